The lowest BCUT2D eigenvalue weighted by Crippen LogP contribution is -2.39. The lowest BCUT2D eigenvalue weighted by Gasteiger charge is -2.16. The molecule has 0 atom stereocenters. The second-order valence-corrected chi connectivity index (χ2v) is 8.24. The summed E-state index contributed by atoms with van der Waals surface area (Å²) >= 11 is 0. The number of benzene rings is 1. The fourth-order valence-electron chi connectivity index (χ4n) is 2.68. The SMILES string of the molecule is CCNC(=NCC1(c2ccccc2F)CC1)NCCCNS(C)(=O)=O.I. The number of nitrogens with zero attached hydrogens (tertiary/aromatic N) is 1. The summed E-state index contributed by atoms with van der Waals surface area (Å²) in [5, 5.41) is 6.35. The van der Waals surface area contributed by atoms with Gasteiger partial charge in [0.2, 0.25) is 10.0 Å². The van der Waals surface area contributed by atoms with Gasteiger partial charge in [-0.1, -0.05) is 18.2 Å². The molecule has 3 N–H and O–H groups in total. The Morgan fingerprint density at radius 1 is 1.23 bits per heavy atom. The molecule has 1 aliphatic rings. The van der Waals surface area contributed by atoms with E-state index < -0.39 is 10.0 Å². The minimum atomic E-state index is -3.15. The van der Waals surface area contributed by atoms with Crippen molar-refractivity contribution in [1.82, 2.24) is 15.4 Å². The van der Waals surface area contributed by atoms with Crippen LogP contribution in [0.3, 0.4) is 0 Å². The van der Waals surface area contributed by atoms with E-state index in [1.165, 1.54) is 6.07 Å². The van der Waals surface area contributed by atoms with Gasteiger partial charge in [-0.05, 0) is 37.8 Å². The average molecular weight is 498 g/mol. The molecule has 148 valence electrons. The zero-order valence-corrected chi connectivity index (χ0v) is 18.4. The lowest BCUT2D eigenvalue weighted by molar-refractivity contribution is 0.571. The highest BCUT2D eigenvalue weighted by molar-refractivity contribution is 14.0. The monoisotopic (exact) mass is 498 g/mol. The number of sulfonamides is 1. The first-order valence-electron chi connectivity index (χ1n) is 8.58. The minimum absolute atomic E-state index is 0. The Hall–Kier alpha value is -0.940. The fraction of sp³-hybridized carbons (Fsp3) is 0.588. The Balaban J connectivity index is 0.00000338. The highest BCUT2D eigenvalue weighted by atomic mass is 127. The number of aliphatic imine (C=N–C) groups is 1. The van der Waals surface area contributed by atoms with Gasteiger partial charge >= 0.3 is 0 Å². The van der Waals surface area contributed by atoms with E-state index in [4.69, 9.17) is 0 Å². The van der Waals surface area contributed by atoms with E-state index in [0.717, 1.165) is 31.2 Å². The van der Waals surface area contributed by atoms with Crippen molar-refractivity contribution >= 4 is 40.0 Å². The normalized spacial score (nSPS) is 15.9. The summed E-state index contributed by atoms with van der Waals surface area (Å²) in [7, 11) is -3.15. The van der Waals surface area contributed by atoms with Crippen molar-refractivity contribution in [2.24, 2.45) is 4.99 Å². The van der Waals surface area contributed by atoms with Crippen molar-refractivity contribution in [2.75, 3.05) is 32.4 Å². The Kier molecular flexibility index (Phi) is 9.25. The Labute approximate surface area is 172 Å². The van der Waals surface area contributed by atoms with Gasteiger partial charge in [-0.15, -0.1) is 24.0 Å². The largest absolute Gasteiger partial charge is 0.357 e. The summed E-state index contributed by atoms with van der Waals surface area (Å²) in [5.74, 6) is 0.504. The van der Waals surface area contributed by atoms with Crippen molar-refractivity contribution in [3.63, 3.8) is 0 Å². The Morgan fingerprint density at radius 2 is 1.92 bits per heavy atom. The zero-order chi connectivity index (χ0) is 18.3. The van der Waals surface area contributed by atoms with Crippen LogP contribution in [0.5, 0.6) is 0 Å². The molecule has 1 saturated carbocycles. The molecular weight excluding hydrogens is 470 g/mol. The molecule has 0 unspecified atom stereocenters. The van der Waals surface area contributed by atoms with E-state index in [9.17, 15) is 12.8 Å². The van der Waals surface area contributed by atoms with E-state index in [0.29, 0.717) is 32.0 Å². The maximum absolute atomic E-state index is 14.0. The van der Waals surface area contributed by atoms with Crippen molar-refractivity contribution in [1.29, 1.82) is 0 Å². The van der Waals surface area contributed by atoms with Crippen LogP contribution in [0.2, 0.25) is 0 Å². The van der Waals surface area contributed by atoms with Crippen molar-refractivity contribution < 1.29 is 12.8 Å². The van der Waals surface area contributed by atoms with Crippen LogP contribution in [0.15, 0.2) is 29.3 Å². The molecule has 1 aromatic rings. The molecule has 0 bridgehead atoms. The zero-order valence-electron chi connectivity index (χ0n) is 15.2. The molecule has 0 aromatic heterocycles. The van der Waals surface area contributed by atoms with Crippen molar-refractivity contribution in [3.8, 4) is 0 Å². The van der Waals surface area contributed by atoms with E-state index in [-0.39, 0.29) is 35.2 Å². The van der Waals surface area contributed by atoms with Gasteiger partial charge in [-0.25, -0.2) is 17.5 Å². The third-order valence-electron chi connectivity index (χ3n) is 4.19. The van der Waals surface area contributed by atoms with Gasteiger partial charge in [0.05, 0.1) is 12.8 Å². The van der Waals surface area contributed by atoms with Crippen LogP contribution < -0.4 is 15.4 Å². The molecule has 0 radical (unpaired) electrons. The number of halogens is 2. The van der Waals surface area contributed by atoms with Crippen LogP contribution >= 0.6 is 24.0 Å². The van der Waals surface area contributed by atoms with Gasteiger partial charge in [0.1, 0.15) is 5.82 Å². The molecule has 0 amide bonds. The molecular formula is C17H28FIN4O2S. The molecule has 2 rings (SSSR count). The molecule has 1 fully saturated rings. The van der Waals surface area contributed by atoms with Crippen LogP contribution in [0.1, 0.15) is 31.7 Å². The maximum atomic E-state index is 14.0. The number of guanidine groups is 1. The molecule has 9 heteroatoms. The summed E-state index contributed by atoms with van der Waals surface area (Å²) in [6.07, 6.45) is 3.67. The van der Waals surface area contributed by atoms with Crippen LogP contribution in [-0.2, 0) is 15.4 Å². The lowest BCUT2D eigenvalue weighted by atomic mass is 9.95. The number of nitrogens with one attached hydrogen (secondary N) is 3. The van der Waals surface area contributed by atoms with Gasteiger partial charge in [0.25, 0.3) is 0 Å². The predicted molar refractivity (Wildman–Crippen MR) is 114 cm³/mol. The summed E-state index contributed by atoms with van der Waals surface area (Å²) in [6, 6.07) is 6.90. The summed E-state index contributed by atoms with van der Waals surface area (Å²) in [4.78, 5) is 4.60. The molecule has 6 nitrogen and oxygen atoms in total. The summed E-state index contributed by atoms with van der Waals surface area (Å²) in [6.45, 7) is 4.21. The Bertz CT molecular complexity index is 708. The first-order chi connectivity index (χ1) is 11.9. The standard InChI is InChI=1S/C17H27FN4O2S.HI/c1-3-19-16(20-11-6-12-22-25(2,23)24)21-13-17(9-10-17)14-7-4-5-8-15(14)18;/h4-5,7-8,22H,3,6,9-13H2,1-2H3,(H2,19,20,21);1H. The van der Waals surface area contributed by atoms with Crippen LogP contribution in [0, 0.1) is 5.82 Å². The molecule has 0 saturated heterocycles. The van der Waals surface area contributed by atoms with E-state index in [1.54, 1.807) is 6.07 Å². The maximum Gasteiger partial charge on any atom is 0.208 e. The highest BCUT2D eigenvalue weighted by Crippen LogP contribution is 2.49. The van der Waals surface area contributed by atoms with Crippen molar-refractivity contribution in [2.45, 2.75) is 31.6 Å². The van der Waals surface area contributed by atoms with Gasteiger partial charge in [-0.3, -0.25) is 4.99 Å². The molecule has 0 spiro atoms. The molecule has 1 aromatic carbocycles. The third-order valence-corrected chi connectivity index (χ3v) is 4.92. The quantitative estimate of drug-likeness (QED) is 0.211. The average Bonchev–Trinajstić information content (AvgIpc) is 3.32. The number of rotatable bonds is 9. The topological polar surface area (TPSA) is 82.6 Å². The van der Waals surface area contributed by atoms with Gasteiger partial charge in [0.15, 0.2) is 5.96 Å². The minimum Gasteiger partial charge on any atom is -0.357 e. The van der Waals surface area contributed by atoms with Gasteiger partial charge in [0, 0.05) is 25.0 Å². The van der Waals surface area contributed by atoms with Crippen molar-refractivity contribution in [3.05, 3.63) is 35.6 Å². The molecule has 0 heterocycles. The van der Waals surface area contributed by atoms with E-state index >= 15 is 0 Å². The third kappa shape index (κ3) is 7.36. The molecule has 1 aliphatic carbocycles. The van der Waals surface area contributed by atoms with Gasteiger partial charge < -0.3 is 10.6 Å². The second kappa shape index (κ2) is 10.4. The number of hydrogen-bond donors (Lipinski definition) is 3. The highest BCUT2D eigenvalue weighted by Gasteiger charge is 2.45. The summed E-state index contributed by atoms with van der Waals surface area (Å²) in [5.41, 5.74) is 0.554. The molecule has 26 heavy (non-hydrogen) atoms. The first kappa shape index (κ1) is 23.1. The van der Waals surface area contributed by atoms with E-state index in [1.807, 2.05) is 19.1 Å². The smallest absolute Gasteiger partial charge is 0.208 e. The predicted octanol–water partition coefficient (Wildman–Crippen LogP) is 1.97. The van der Waals surface area contributed by atoms with Crippen LogP contribution in [-0.4, -0.2) is 46.8 Å². The first-order valence-corrected chi connectivity index (χ1v) is 10.5. The second-order valence-electron chi connectivity index (χ2n) is 6.40. The van der Waals surface area contributed by atoms with Crippen LogP contribution in [0.4, 0.5) is 4.39 Å². The molecule has 0 aliphatic heterocycles. The fourth-order valence-corrected chi connectivity index (χ4v) is 3.19. The van der Waals surface area contributed by atoms with E-state index in [2.05, 4.69) is 20.3 Å². The van der Waals surface area contributed by atoms with Gasteiger partial charge in [-0.2, -0.15) is 0 Å². The Morgan fingerprint density at radius 3 is 2.50 bits per heavy atom. The summed E-state index contributed by atoms with van der Waals surface area (Å²) < 4.78 is 38.5. The number of hydrogen-bond acceptors (Lipinski definition) is 3. The van der Waals surface area contributed by atoms with Crippen LogP contribution in [0.25, 0.3) is 0 Å².